The lowest BCUT2D eigenvalue weighted by atomic mass is 10.2. The molecule has 1 aromatic heterocycles. The number of carbonyl (C=O) groups is 1. The maximum Gasteiger partial charge on any atom is 0.293 e. The Kier molecular flexibility index (Phi) is 3.90. The Labute approximate surface area is 119 Å². The third-order valence-corrected chi connectivity index (χ3v) is 2.65. The van der Waals surface area contributed by atoms with Crippen molar-refractivity contribution in [2.45, 2.75) is 13.5 Å². The van der Waals surface area contributed by atoms with E-state index in [4.69, 9.17) is 5.26 Å². The van der Waals surface area contributed by atoms with Gasteiger partial charge >= 0.3 is 0 Å². The first-order chi connectivity index (χ1) is 10.0. The van der Waals surface area contributed by atoms with Gasteiger partial charge in [-0.25, -0.2) is 0 Å². The van der Waals surface area contributed by atoms with Crippen LogP contribution in [0.25, 0.3) is 0 Å². The SMILES string of the molecule is Cc1ccc(NC(=O)Cn2cnnc2C#N)c([N+](=O)[O-])c1. The second-order valence-corrected chi connectivity index (χ2v) is 4.22. The molecule has 0 saturated carbocycles. The van der Waals surface area contributed by atoms with Gasteiger partial charge in [0.25, 0.3) is 5.69 Å². The summed E-state index contributed by atoms with van der Waals surface area (Å²) < 4.78 is 1.25. The summed E-state index contributed by atoms with van der Waals surface area (Å²) in [5.74, 6) is -0.526. The first kappa shape index (κ1) is 14.1. The number of nitrogens with one attached hydrogen (secondary N) is 1. The van der Waals surface area contributed by atoms with Crippen LogP contribution in [-0.4, -0.2) is 25.6 Å². The number of hydrogen-bond acceptors (Lipinski definition) is 6. The Morgan fingerprint density at radius 2 is 2.33 bits per heavy atom. The van der Waals surface area contributed by atoms with Gasteiger partial charge in [-0.3, -0.25) is 19.5 Å². The van der Waals surface area contributed by atoms with Crippen molar-refractivity contribution in [3.8, 4) is 6.07 Å². The number of nitrogens with zero attached hydrogens (tertiary/aromatic N) is 5. The summed E-state index contributed by atoms with van der Waals surface area (Å²) in [6, 6.07) is 6.27. The predicted octanol–water partition coefficient (Wildman–Crippen LogP) is 1.01. The molecule has 0 fully saturated rings. The summed E-state index contributed by atoms with van der Waals surface area (Å²) in [6.45, 7) is 1.51. The van der Waals surface area contributed by atoms with Crippen LogP contribution < -0.4 is 5.32 Å². The number of rotatable bonds is 4. The summed E-state index contributed by atoms with van der Waals surface area (Å²) in [7, 11) is 0. The zero-order valence-electron chi connectivity index (χ0n) is 11.0. The van der Waals surface area contributed by atoms with Gasteiger partial charge < -0.3 is 5.32 Å². The van der Waals surface area contributed by atoms with Crippen LogP contribution in [0.2, 0.25) is 0 Å². The molecule has 0 saturated heterocycles. The Balaban J connectivity index is 2.17. The Hall–Kier alpha value is -3.28. The van der Waals surface area contributed by atoms with Gasteiger partial charge in [0.1, 0.15) is 24.6 Å². The lowest BCUT2D eigenvalue weighted by Crippen LogP contribution is -2.19. The van der Waals surface area contributed by atoms with E-state index < -0.39 is 10.8 Å². The quantitative estimate of drug-likeness (QED) is 0.660. The molecule has 1 amide bonds. The zero-order chi connectivity index (χ0) is 15.4. The molecule has 0 atom stereocenters. The summed E-state index contributed by atoms with van der Waals surface area (Å²) in [5.41, 5.74) is 0.625. The number of anilines is 1. The molecule has 0 aliphatic heterocycles. The van der Waals surface area contributed by atoms with Crippen molar-refractivity contribution in [3.05, 3.63) is 46.0 Å². The molecule has 1 heterocycles. The van der Waals surface area contributed by atoms with Crippen LogP contribution in [0.1, 0.15) is 11.4 Å². The largest absolute Gasteiger partial charge is 0.319 e. The molecule has 0 aliphatic rings. The molecule has 2 rings (SSSR count). The minimum absolute atomic E-state index is 0.0106. The van der Waals surface area contributed by atoms with Crippen molar-refractivity contribution in [2.24, 2.45) is 0 Å². The van der Waals surface area contributed by atoms with Gasteiger partial charge in [-0.15, -0.1) is 10.2 Å². The lowest BCUT2D eigenvalue weighted by Gasteiger charge is -2.07. The molecule has 0 unspecified atom stereocenters. The van der Waals surface area contributed by atoms with Crippen LogP contribution in [0, 0.1) is 28.4 Å². The van der Waals surface area contributed by atoms with E-state index in [0.717, 1.165) is 0 Å². The molecule has 2 aromatic rings. The zero-order valence-corrected chi connectivity index (χ0v) is 11.0. The second kappa shape index (κ2) is 5.79. The fourth-order valence-corrected chi connectivity index (χ4v) is 1.70. The van der Waals surface area contributed by atoms with E-state index in [2.05, 4.69) is 15.5 Å². The number of nitriles is 1. The molecule has 106 valence electrons. The first-order valence-electron chi connectivity index (χ1n) is 5.84. The molecule has 0 aliphatic carbocycles. The number of nitro benzene ring substituents is 1. The van der Waals surface area contributed by atoms with E-state index in [1.807, 2.05) is 0 Å². The van der Waals surface area contributed by atoms with Crippen LogP contribution in [0.3, 0.4) is 0 Å². The fraction of sp³-hybridized carbons (Fsp3) is 0.167. The van der Waals surface area contributed by atoms with Crippen molar-refractivity contribution in [2.75, 3.05) is 5.32 Å². The van der Waals surface area contributed by atoms with Gasteiger partial charge in [-0.1, -0.05) is 6.07 Å². The minimum atomic E-state index is -0.567. The Morgan fingerprint density at radius 3 is 3.00 bits per heavy atom. The van der Waals surface area contributed by atoms with Crippen molar-refractivity contribution in [1.29, 1.82) is 5.26 Å². The molecule has 0 spiro atoms. The normalized spacial score (nSPS) is 9.90. The highest BCUT2D eigenvalue weighted by molar-refractivity contribution is 5.93. The summed E-state index contributed by atoms with van der Waals surface area (Å²) in [5, 5.41) is 29.2. The van der Waals surface area contributed by atoms with Crippen LogP contribution >= 0.6 is 0 Å². The van der Waals surface area contributed by atoms with E-state index in [-0.39, 0.29) is 23.7 Å². The maximum absolute atomic E-state index is 11.9. The fourth-order valence-electron chi connectivity index (χ4n) is 1.70. The van der Waals surface area contributed by atoms with Crippen molar-refractivity contribution >= 4 is 17.3 Å². The van der Waals surface area contributed by atoms with Crippen LogP contribution in [0.4, 0.5) is 11.4 Å². The monoisotopic (exact) mass is 286 g/mol. The van der Waals surface area contributed by atoms with Crippen LogP contribution in [0.5, 0.6) is 0 Å². The van der Waals surface area contributed by atoms with Crippen molar-refractivity contribution in [1.82, 2.24) is 14.8 Å². The average Bonchev–Trinajstić information content (AvgIpc) is 2.87. The van der Waals surface area contributed by atoms with Crippen molar-refractivity contribution in [3.63, 3.8) is 0 Å². The number of aromatic nitrogens is 3. The molecular formula is C12H10N6O3. The van der Waals surface area contributed by atoms with E-state index >= 15 is 0 Å². The number of amides is 1. The smallest absolute Gasteiger partial charge is 0.293 e. The van der Waals surface area contributed by atoms with Crippen LogP contribution in [-0.2, 0) is 11.3 Å². The van der Waals surface area contributed by atoms with Crippen molar-refractivity contribution < 1.29 is 9.72 Å². The highest BCUT2D eigenvalue weighted by Gasteiger charge is 2.16. The van der Waals surface area contributed by atoms with Gasteiger partial charge in [0.2, 0.25) is 11.7 Å². The number of carbonyl (C=O) groups excluding carboxylic acids is 1. The average molecular weight is 286 g/mol. The molecule has 9 nitrogen and oxygen atoms in total. The third-order valence-electron chi connectivity index (χ3n) is 2.65. The van der Waals surface area contributed by atoms with Gasteiger partial charge in [-0.2, -0.15) is 5.26 Å². The van der Waals surface area contributed by atoms with Crippen LogP contribution in [0.15, 0.2) is 24.5 Å². The third kappa shape index (κ3) is 3.19. The topological polar surface area (TPSA) is 127 Å². The Bertz CT molecular complexity index is 746. The first-order valence-corrected chi connectivity index (χ1v) is 5.84. The van der Waals surface area contributed by atoms with E-state index in [9.17, 15) is 14.9 Å². The van der Waals surface area contributed by atoms with Gasteiger partial charge in [0.15, 0.2) is 0 Å². The van der Waals surface area contributed by atoms with E-state index in [1.165, 1.54) is 23.0 Å². The van der Waals surface area contributed by atoms with E-state index in [0.29, 0.717) is 5.56 Å². The molecule has 1 aromatic carbocycles. The lowest BCUT2D eigenvalue weighted by molar-refractivity contribution is -0.384. The molecule has 0 radical (unpaired) electrons. The molecule has 21 heavy (non-hydrogen) atoms. The number of benzene rings is 1. The molecular weight excluding hydrogens is 276 g/mol. The maximum atomic E-state index is 11.9. The highest BCUT2D eigenvalue weighted by atomic mass is 16.6. The minimum Gasteiger partial charge on any atom is -0.319 e. The Morgan fingerprint density at radius 1 is 1.57 bits per heavy atom. The number of aryl methyl sites for hydroxylation is 1. The van der Waals surface area contributed by atoms with Gasteiger partial charge in [-0.05, 0) is 18.6 Å². The number of nitro groups is 1. The van der Waals surface area contributed by atoms with Gasteiger partial charge in [0, 0.05) is 6.07 Å². The van der Waals surface area contributed by atoms with E-state index in [1.54, 1.807) is 19.1 Å². The summed E-state index contributed by atoms with van der Waals surface area (Å²) in [6.07, 6.45) is 1.24. The summed E-state index contributed by atoms with van der Waals surface area (Å²) in [4.78, 5) is 22.3. The molecule has 0 bridgehead atoms. The molecule has 9 heteroatoms. The number of hydrogen-bond donors (Lipinski definition) is 1. The highest BCUT2D eigenvalue weighted by Crippen LogP contribution is 2.25. The van der Waals surface area contributed by atoms with Gasteiger partial charge in [0.05, 0.1) is 4.92 Å². The summed E-state index contributed by atoms with van der Waals surface area (Å²) >= 11 is 0. The molecule has 1 N–H and O–H groups in total. The second-order valence-electron chi connectivity index (χ2n) is 4.22. The predicted molar refractivity (Wildman–Crippen MR) is 71.2 cm³/mol. The standard InChI is InChI=1S/C12H10N6O3/c1-8-2-3-9(10(4-8)18(20)21)15-12(19)6-17-7-14-16-11(17)5-13/h2-4,7H,6H2,1H3,(H,15,19).